The number of aliphatic hydroxyl groups is 1. The first-order valence-electron chi connectivity index (χ1n) is 11.7. The smallest absolute Gasteiger partial charge is 0.254 e. The Hall–Kier alpha value is -2.38. The zero-order valence-corrected chi connectivity index (χ0v) is 20.6. The number of benzene rings is 2. The van der Waals surface area contributed by atoms with E-state index >= 15 is 0 Å². The normalized spacial score (nSPS) is 22.6. The van der Waals surface area contributed by atoms with Crippen molar-refractivity contribution in [1.82, 2.24) is 4.90 Å². The van der Waals surface area contributed by atoms with Crippen molar-refractivity contribution in [2.45, 2.75) is 50.7 Å². The number of aliphatic hydroxyl groups excluding tert-OH is 1. The van der Waals surface area contributed by atoms with E-state index in [1.165, 1.54) is 0 Å². The van der Waals surface area contributed by atoms with Gasteiger partial charge in [-0.2, -0.15) is 0 Å². The molecule has 2 aromatic carbocycles. The molecule has 0 saturated carbocycles. The molecule has 0 aromatic heterocycles. The van der Waals surface area contributed by atoms with E-state index < -0.39 is 5.54 Å². The summed E-state index contributed by atoms with van der Waals surface area (Å²) in [5.74, 6) is 1.27. The SMILES string of the molecule is C[C@H]1OC(c2ccc(OCCCO)cc2)=N[C@@]1(Cc1ccc(Br)cc1)C(=O)N1CCCCC1. The van der Waals surface area contributed by atoms with E-state index in [0.717, 1.165) is 53.7 Å². The number of ether oxygens (including phenoxy) is 2. The van der Waals surface area contributed by atoms with E-state index in [1.54, 1.807) is 0 Å². The Morgan fingerprint density at radius 2 is 1.85 bits per heavy atom. The van der Waals surface area contributed by atoms with Crippen molar-refractivity contribution in [2.75, 3.05) is 26.3 Å². The number of amides is 1. The molecule has 1 amide bonds. The van der Waals surface area contributed by atoms with Crippen LogP contribution in [0.1, 0.15) is 43.7 Å². The first-order chi connectivity index (χ1) is 16.0. The maximum absolute atomic E-state index is 13.9. The summed E-state index contributed by atoms with van der Waals surface area (Å²) in [6.45, 7) is 4.07. The highest BCUT2D eigenvalue weighted by Gasteiger charge is 2.52. The summed E-state index contributed by atoms with van der Waals surface area (Å²) in [5, 5.41) is 8.92. The molecule has 1 N–H and O–H groups in total. The summed E-state index contributed by atoms with van der Waals surface area (Å²) in [7, 11) is 0. The highest BCUT2D eigenvalue weighted by Crippen LogP contribution is 2.35. The number of hydrogen-bond acceptors (Lipinski definition) is 5. The van der Waals surface area contributed by atoms with Crippen molar-refractivity contribution in [3.8, 4) is 5.75 Å². The van der Waals surface area contributed by atoms with Gasteiger partial charge >= 0.3 is 0 Å². The van der Waals surface area contributed by atoms with Crippen molar-refractivity contribution in [3.63, 3.8) is 0 Å². The van der Waals surface area contributed by atoms with Crippen molar-refractivity contribution < 1.29 is 19.4 Å². The van der Waals surface area contributed by atoms with Crippen LogP contribution in [-0.2, 0) is 16.0 Å². The van der Waals surface area contributed by atoms with E-state index in [9.17, 15) is 4.79 Å². The van der Waals surface area contributed by atoms with Gasteiger partial charge in [0.05, 0.1) is 6.61 Å². The highest BCUT2D eigenvalue weighted by molar-refractivity contribution is 9.10. The van der Waals surface area contributed by atoms with Gasteiger partial charge in [0.15, 0.2) is 5.54 Å². The summed E-state index contributed by atoms with van der Waals surface area (Å²) < 4.78 is 12.9. The van der Waals surface area contributed by atoms with Crippen LogP contribution in [0.4, 0.5) is 0 Å². The number of piperidine rings is 1. The summed E-state index contributed by atoms with van der Waals surface area (Å²) >= 11 is 3.49. The number of rotatable bonds is 8. The van der Waals surface area contributed by atoms with Gasteiger partial charge in [0.25, 0.3) is 5.91 Å². The summed E-state index contributed by atoms with van der Waals surface area (Å²) in [6, 6.07) is 15.6. The summed E-state index contributed by atoms with van der Waals surface area (Å²) in [5.41, 5.74) is 0.883. The van der Waals surface area contributed by atoms with Crippen LogP contribution in [0.25, 0.3) is 0 Å². The van der Waals surface area contributed by atoms with Crippen molar-refractivity contribution >= 4 is 27.7 Å². The molecule has 2 aromatic rings. The number of halogens is 1. The van der Waals surface area contributed by atoms with Crippen molar-refractivity contribution in [2.24, 2.45) is 4.99 Å². The Balaban J connectivity index is 1.63. The Bertz CT molecular complexity index is 971. The number of carbonyl (C=O) groups is 1. The molecule has 7 heteroatoms. The Kier molecular flexibility index (Phi) is 7.71. The van der Waals surface area contributed by atoms with Crippen LogP contribution in [0.15, 0.2) is 58.0 Å². The predicted molar refractivity (Wildman–Crippen MR) is 132 cm³/mol. The van der Waals surface area contributed by atoms with Crippen LogP contribution in [0.2, 0.25) is 0 Å². The van der Waals surface area contributed by atoms with Crippen molar-refractivity contribution in [1.29, 1.82) is 0 Å². The van der Waals surface area contributed by atoms with Gasteiger partial charge in [0.2, 0.25) is 5.90 Å². The van der Waals surface area contributed by atoms with Gasteiger partial charge in [0.1, 0.15) is 11.9 Å². The highest BCUT2D eigenvalue weighted by atomic mass is 79.9. The lowest BCUT2D eigenvalue weighted by Gasteiger charge is -2.36. The fraction of sp³-hybridized carbons (Fsp3) is 0.462. The molecule has 0 radical (unpaired) electrons. The fourth-order valence-electron chi connectivity index (χ4n) is 4.41. The summed E-state index contributed by atoms with van der Waals surface area (Å²) in [4.78, 5) is 20.8. The second-order valence-corrected chi connectivity index (χ2v) is 9.62. The van der Waals surface area contributed by atoms with E-state index in [-0.39, 0.29) is 18.6 Å². The fourth-order valence-corrected chi connectivity index (χ4v) is 4.67. The van der Waals surface area contributed by atoms with Gasteiger partial charge < -0.3 is 19.5 Å². The maximum Gasteiger partial charge on any atom is 0.254 e. The molecule has 0 spiro atoms. The maximum atomic E-state index is 13.9. The van der Waals surface area contributed by atoms with Gasteiger partial charge in [-0.05, 0) is 68.1 Å². The third-order valence-electron chi connectivity index (χ3n) is 6.33. The second-order valence-electron chi connectivity index (χ2n) is 8.71. The first-order valence-corrected chi connectivity index (χ1v) is 12.5. The van der Waals surface area contributed by atoms with E-state index in [0.29, 0.717) is 25.3 Å². The lowest BCUT2D eigenvalue weighted by Crippen LogP contribution is -2.55. The topological polar surface area (TPSA) is 71.4 Å². The van der Waals surface area contributed by atoms with Gasteiger partial charge in [-0.15, -0.1) is 0 Å². The Morgan fingerprint density at radius 1 is 1.15 bits per heavy atom. The van der Waals surface area contributed by atoms with Crippen LogP contribution >= 0.6 is 15.9 Å². The first kappa shape index (κ1) is 23.8. The molecule has 4 rings (SSSR count). The van der Waals surface area contributed by atoms with Gasteiger partial charge in [-0.3, -0.25) is 4.79 Å². The zero-order valence-electron chi connectivity index (χ0n) is 19.0. The van der Waals surface area contributed by atoms with Crippen LogP contribution in [-0.4, -0.2) is 59.8 Å². The van der Waals surface area contributed by atoms with Crippen LogP contribution in [0.3, 0.4) is 0 Å². The monoisotopic (exact) mass is 514 g/mol. The molecule has 1 fully saturated rings. The number of aliphatic imine (C=N–C) groups is 1. The minimum absolute atomic E-state index is 0.0524. The average molecular weight is 515 g/mol. The van der Waals surface area contributed by atoms with Crippen molar-refractivity contribution in [3.05, 3.63) is 64.1 Å². The molecule has 0 bridgehead atoms. The van der Waals surface area contributed by atoms with Crippen LogP contribution in [0, 0.1) is 0 Å². The third-order valence-corrected chi connectivity index (χ3v) is 6.86. The molecule has 2 atom stereocenters. The number of nitrogens with zero attached hydrogens (tertiary/aromatic N) is 2. The molecule has 1 saturated heterocycles. The molecular formula is C26H31BrN2O4. The molecule has 2 aliphatic heterocycles. The van der Waals surface area contributed by atoms with Gasteiger partial charge in [0, 0.05) is 42.6 Å². The number of likely N-dealkylation sites (tertiary alicyclic amines) is 1. The van der Waals surface area contributed by atoms with E-state index in [1.807, 2.05) is 60.4 Å². The molecule has 0 unspecified atom stereocenters. The summed E-state index contributed by atoms with van der Waals surface area (Å²) in [6.07, 6.45) is 3.92. The molecule has 6 nitrogen and oxygen atoms in total. The lowest BCUT2D eigenvalue weighted by atomic mass is 9.85. The second kappa shape index (κ2) is 10.7. The largest absolute Gasteiger partial charge is 0.494 e. The Morgan fingerprint density at radius 3 is 2.52 bits per heavy atom. The van der Waals surface area contributed by atoms with E-state index in [4.69, 9.17) is 19.6 Å². The molecular weight excluding hydrogens is 484 g/mol. The minimum atomic E-state index is -0.989. The molecule has 33 heavy (non-hydrogen) atoms. The third kappa shape index (κ3) is 5.41. The molecule has 2 heterocycles. The standard InChI is InChI=1S/C26H31BrN2O4/c1-19-26(18-20-6-10-22(27)11-7-20,25(31)29-14-3-2-4-15-29)28-24(33-19)21-8-12-23(13-9-21)32-17-5-16-30/h6-13,19,30H,2-5,14-18H2,1H3/t19-,26-/m1/s1. The number of carbonyl (C=O) groups excluding carboxylic acids is 1. The van der Waals surface area contributed by atoms with Crippen LogP contribution < -0.4 is 4.74 Å². The van der Waals surface area contributed by atoms with Gasteiger partial charge in [-0.25, -0.2) is 4.99 Å². The van der Waals surface area contributed by atoms with E-state index in [2.05, 4.69) is 15.9 Å². The average Bonchev–Trinajstić information content (AvgIpc) is 3.18. The Labute approximate surface area is 203 Å². The predicted octanol–water partition coefficient (Wildman–Crippen LogP) is 4.37. The van der Waals surface area contributed by atoms with Crippen LogP contribution in [0.5, 0.6) is 5.75 Å². The number of hydrogen-bond donors (Lipinski definition) is 1. The minimum Gasteiger partial charge on any atom is -0.494 e. The quantitative estimate of drug-likeness (QED) is 0.531. The van der Waals surface area contributed by atoms with Gasteiger partial charge in [-0.1, -0.05) is 28.1 Å². The molecule has 176 valence electrons. The molecule has 0 aliphatic carbocycles. The zero-order chi connectivity index (χ0) is 23.3. The molecule has 2 aliphatic rings. The lowest BCUT2D eigenvalue weighted by molar-refractivity contribution is -0.140.